The minimum Gasteiger partial charge on any atom is -0.444 e. The van der Waals surface area contributed by atoms with Crippen molar-refractivity contribution < 1.29 is 14.6 Å². The number of rotatable bonds is 3. The minimum absolute atomic E-state index is 0.157. The first kappa shape index (κ1) is 25.3. The van der Waals surface area contributed by atoms with Gasteiger partial charge in [0.2, 0.25) is 0 Å². The van der Waals surface area contributed by atoms with E-state index in [9.17, 15) is 15.2 Å². The average Bonchev–Trinajstić information content (AvgIpc) is 3.30. The maximum absolute atomic E-state index is 12.8. The van der Waals surface area contributed by atoms with Crippen LogP contribution < -0.4 is 10.6 Å². The van der Waals surface area contributed by atoms with Gasteiger partial charge in [-0.1, -0.05) is 12.1 Å². The number of piperidine rings is 1. The van der Waals surface area contributed by atoms with E-state index in [2.05, 4.69) is 11.1 Å². The van der Waals surface area contributed by atoms with E-state index in [0.29, 0.717) is 41.1 Å². The van der Waals surface area contributed by atoms with Gasteiger partial charge in [-0.3, -0.25) is 4.68 Å². The maximum Gasteiger partial charge on any atom is 0.410 e. The van der Waals surface area contributed by atoms with Gasteiger partial charge in [-0.25, -0.2) is 9.78 Å². The third-order valence-corrected chi connectivity index (χ3v) is 6.60. The molecule has 0 aliphatic carbocycles. The molecule has 3 aromatic rings. The first-order chi connectivity index (χ1) is 18.1. The lowest BCUT2D eigenvalue weighted by atomic mass is 10.0. The van der Waals surface area contributed by atoms with Gasteiger partial charge < -0.3 is 25.4 Å². The summed E-state index contributed by atoms with van der Waals surface area (Å²) in [7, 11) is 0. The fourth-order valence-electron chi connectivity index (χ4n) is 4.83. The van der Waals surface area contributed by atoms with E-state index in [1.807, 2.05) is 67.0 Å². The second-order valence-electron chi connectivity index (χ2n) is 10.5. The number of hydrogen-bond acceptors (Lipinski definition) is 8. The first-order valence-electron chi connectivity index (χ1n) is 12.6. The smallest absolute Gasteiger partial charge is 0.410 e. The van der Waals surface area contributed by atoms with Crippen LogP contribution in [0.5, 0.6) is 0 Å². The summed E-state index contributed by atoms with van der Waals surface area (Å²) >= 11 is 0. The number of nitrogens with zero attached hydrogens (tertiary/aromatic N) is 6. The number of ether oxygens (including phenoxy) is 1. The minimum atomic E-state index is -0.588. The van der Waals surface area contributed by atoms with Gasteiger partial charge in [0.25, 0.3) is 0 Å². The van der Waals surface area contributed by atoms with Crippen molar-refractivity contribution in [3.63, 3.8) is 0 Å². The van der Waals surface area contributed by atoms with Gasteiger partial charge >= 0.3 is 6.09 Å². The Labute approximate surface area is 221 Å². The lowest BCUT2D eigenvalue weighted by molar-refractivity contribution is 0.0169. The fourth-order valence-corrected chi connectivity index (χ4v) is 4.83. The monoisotopic (exact) mass is 513 g/mol. The van der Waals surface area contributed by atoms with E-state index in [-0.39, 0.29) is 12.1 Å². The van der Waals surface area contributed by atoms with Crippen LogP contribution >= 0.6 is 0 Å². The molecule has 0 bridgehead atoms. The molecule has 0 radical (unpaired) electrons. The van der Waals surface area contributed by atoms with Crippen LogP contribution in [0.15, 0.2) is 55.0 Å². The van der Waals surface area contributed by atoms with Crippen LogP contribution in [0.2, 0.25) is 0 Å². The number of anilines is 2. The van der Waals surface area contributed by atoms with Gasteiger partial charge in [-0.05, 0) is 57.9 Å². The number of amides is 1. The molecular weight excluding hydrogens is 482 g/mol. The molecule has 5 rings (SSSR count). The van der Waals surface area contributed by atoms with Gasteiger partial charge in [0.15, 0.2) is 0 Å². The second kappa shape index (κ2) is 9.84. The van der Waals surface area contributed by atoms with Crippen molar-refractivity contribution in [3.8, 4) is 17.3 Å². The summed E-state index contributed by atoms with van der Waals surface area (Å²) < 4.78 is 7.44. The summed E-state index contributed by atoms with van der Waals surface area (Å²) in [5.41, 5.74) is 9.13. The van der Waals surface area contributed by atoms with Crippen LogP contribution in [0.3, 0.4) is 0 Å². The number of carbonyl (C=O) groups excluding carboxylic acids is 1. The fraction of sp³-hybridized carbons (Fsp3) is 0.357. The number of aromatic nitrogens is 3. The zero-order valence-electron chi connectivity index (χ0n) is 21.7. The Morgan fingerprint density at radius 1 is 1.21 bits per heavy atom. The van der Waals surface area contributed by atoms with E-state index < -0.39 is 11.7 Å². The normalized spacial score (nSPS) is 18.1. The van der Waals surface area contributed by atoms with Crippen molar-refractivity contribution >= 4 is 28.5 Å². The van der Waals surface area contributed by atoms with Gasteiger partial charge in [0.05, 0.1) is 28.6 Å². The van der Waals surface area contributed by atoms with Crippen molar-refractivity contribution in [1.82, 2.24) is 19.7 Å². The molecule has 0 unspecified atom stereocenters. The Morgan fingerprint density at radius 2 is 1.92 bits per heavy atom. The predicted octanol–water partition coefficient (Wildman–Crippen LogP) is 4.33. The van der Waals surface area contributed by atoms with Crippen LogP contribution in [-0.2, 0) is 4.74 Å². The van der Waals surface area contributed by atoms with Crippen LogP contribution in [0, 0.1) is 11.3 Å². The van der Waals surface area contributed by atoms with Crippen molar-refractivity contribution in [2.75, 3.05) is 23.7 Å². The number of likely N-dealkylation sites (tertiary alicyclic amines) is 1. The van der Waals surface area contributed by atoms with E-state index >= 15 is 0 Å². The van der Waals surface area contributed by atoms with Gasteiger partial charge in [-0.15, -0.1) is 0 Å². The molecule has 1 fully saturated rings. The molecular formula is C28H31N7O3. The van der Waals surface area contributed by atoms with Crippen molar-refractivity contribution in [2.24, 2.45) is 0 Å². The zero-order valence-corrected chi connectivity index (χ0v) is 21.7. The molecule has 10 nitrogen and oxygen atoms in total. The molecule has 2 aromatic heterocycles. The van der Waals surface area contributed by atoms with E-state index in [1.54, 1.807) is 17.1 Å². The molecule has 1 aromatic carbocycles. The number of nitriles is 1. The van der Waals surface area contributed by atoms with Crippen molar-refractivity contribution in [3.05, 3.63) is 60.6 Å². The molecule has 38 heavy (non-hydrogen) atoms. The molecule has 2 aliphatic heterocycles. The molecule has 4 heterocycles. The van der Waals surface area contributed by atoms with Gasteiger partial charge in [0, 0.05) is 42.9 Å². The maximum atomic E-state index is 12.8. The summed E-state index contributed by atoms with van der Waals surface area (Å²) in [5.74, 6) is 0.292. The Bertz CT molecular complexity index is 1450. The lowest BCUT2D eigenvalue weighted by Gasteiger charge is -2.34. The summed E-state index contributed by atoms with van der Waals surface area (Å²) in [6, 6.07) is 9.88. The largest absolute Gasteiger partial charge is 0.444 e. The molecule has 1 atom stereocenters. The van der Waals surface area contributed by atoms with E-state index in [4.69, 9.17) is 15.6 Å². The molecule has 0 saturated carbocycles. The van der Waals surface area contributed by atoms with Crippen LogP contribution in [0.4, 0.5) is 16.3 Å². The predicted molar refractivity (Wildman–Crippen MR) is 145 cm³/mol. The summed E-state index contributed by atoms with van der Waals surface area (Å²) in [5, 5.41) is 25.1. The van der Waals surface area contributed by atoms with Gasteiger partial charge in [0.1, 0.15) is 23.2 Å². The molecule has 1 saturated heterocycles. The summed E-state index contributed by atoms with van der Waals surface area (Å²) in [6.45, 7) is 6.56. The number of fused-ring (bicyclic) bond motifs is 1. The Hall–Kier alpha value is -4.36. The van der Waals surface area contributed by atoms with Crippen LogP contribution in [0.25, 0.3) is 22.2 Å². The standard InChI is InChI=1S/C28H31N7O3/c1-28(2,3)38-27(37)34-12-4-5-21(17-34)35-25-19(15-29)16-31-26(30)23(25)24(32-35)18-6-8-20(9-7-18)33-13-10-22(36)11-14-33/h6-11,13-14,16,21-22,36H,4-5,12,17H2,1-3H3,(H2,30,31)/t21-/m1/s1. The Balaban J connectivity index is 1.53. The molecule has 10 heteroatoms. The molecule has 3 N–H and O–H groups in total. The number of carbonyl (C=O) groups is 1. The first-order valence-corrected chi connectivity index (χ1v) is 12.6. The average molecular weight is 514 g/mol. The number of hydrogen-bond donors (Lipinski definition) is 2. The van der Waals surface area contributed by atoms with Gasteiger partial charge in [-0.2, -0.15) is 10.4 Å². The quantitative estimate of drug-likeness (QED) is 0.529. The lowest BCUT2D eigenvalue weighted by Crippen LogP contribution is -2.43. The zero-order chi connectivity index (χ0) is 27.0. The third-order valence-electron chi connectivity index (χ3n) is 6.60. The van der Waals surface area contributed by atoms with Crippen molar-refractivity contribution in [2.45, 2.75) is 51.4 Å². The van der Waals surface area contributed by atoms with E-state index in [1.165, 1.54) is 6.20 Å². The highest BCUT2D eigenvalue weighted by atomic mass is 16.6. The highest BCUT2D eigenvalue weighted by Crippen LogP contribution is 2.37. The number of aliphatic hydroxyl groups excluding tert-OH is 1. The number of pyridine rings is 1. The Morgan fingerprint density at radius 3 is 2.58 bits per heavy atom. The SMILES string of the molecule is CC(C)(C)OC(=O)N1CCC[C@@H](n2nc(-c3ccc(N4C=CC(O)C=C4)cc3)c3c(N)ncc(C#N)c32)C1. The number of aliphatic hydroxyl groups is 1. The van der Waals surface area contributed by atoms with Crippen molar-refractivity contribution in [1.29, 1.82) is 5.26 Å². The number of nitrogens with two attached hydrogens (primary N) is 1. The molecule has 0 spiro atoms. The Kier molecular flexibility index (Phi) is 6.55. The van der Waals surface area contributed by atoms with E-state index in [0.717, 1.165) is 24.1 Å². The number of benzene rings is 1. The van der Waals surface area contributed by atoms with Crippen LogP contribution in [0.1, 0.15) is 45.2 Å². The third kappa shape index (κ3) is 4.93. The summed E-state index contributed by atoms with van der Waals surface area (Å²) in [4.78, 5) is 20.7. The summed E-state index contributed by atoms with van der Waals surface area (Å²) in [6.07, 6.45) is 9.12. The highest BCUT2D eigenvalue weighted by Gasteiger charge is 2.31. The highest BCUT2D eigenvalue weighted by molar-refractivity contribution is 6.02. The number of nitrogen functional groups attached to an aromatic ring is 1. The molecule has 1 amide bonds. The topological polar surface area (TPSA) is 134 Å². The molecule has 2 aliphatic rings. The molecule has 196 valence electrons. The second-order valence-corrected chi connectivity index (χ2v) is 10.5. The van der Waals surface area contributed by atoms with Crippen LogP contribution in [-0.4, -0.2) is 55.7 Å².